The molecule has 0 spiro atoms. The van der Waals surface area contributed by atoms with E-state index < -0.39 is 40.3 Å². The van der Waals surface area contributed by atoms with Crippen LogP contribution in [0.2, 0.25) is 0 Å². The maximum Gasteiger partial charge on any atom is 0.325 e. The Balaban J connectivity index is 1.76. The molecule has 0 bridgehead atoms. The van der Waals surface area contributed by atoms with Gasteiger partial charge in [-0.05, 0) is 43.5 Å². The molecule has 1 aromatic carbocycles. The second-order valence-electron chi connectivity index (χ2n) is 6.70. The number of amides is 2. The third kappa shape index (κ3) is 5.78. The number of rotatable bonds is 6. The third-order valence-corrected chi connectivity index (χ3v) is 6.42. The van der Waals surface area contributed by atoms with Crippen LogP contribution in [0.4, 0.5) is 0 Å². The van der Waals surface area contributed by atoms with Gasteiger partial charge >= 0.3 is 5.97 Å². The zero-order valence-corrected chi connectivity index (χ0v) is 16.5. The van der Waals surface area contributed by atoms with E-state index in [1.54, 1.807) is 12.1 Å². The minimum atomic E-state index is -3.10. The second-order valence-corrected chi connectivity index (χ2v) is 8.93. The van der Waals surface area contributed by atoms with Gasteiger partial charge in [0.1, 0.15) is 6.54 Å². The summed E-state index contributed by atoms with van der Waals surface area (Å²) in [5.74, 6) is -1.65. The average molecular weight is 396 g/mol. The minimum Gasteiger partial charge on any atom is -0.454 e. The van der Waals surface area contributed by atoms with Crippen molar-refractivity contribution in [2.45, 2.75) is 26.3 Å². The molecule has 2 rings (SSSR count). The molecule has 0 saturated carbocycles. The standard InChI is InChI=1S/C18H24N2O6S/c1-12-4-5-14(8-13(12)2)18(23)19-9-17(22)26-10-16(21)20(3)15-6-7-27(24,25)11-15/h4-5,8,15H,6-7,9-11H2,1-3H3,(H,19,23)/t15-/m1/s1. The van der Waals surface area contributed by atoms with Crippen molar-refractivity contribution >= 4 is 27.6 Å². The first-order valence-corrected chi connectivity index (χ1v) is 10.4. The van der Waals surface area contributed by atoms with E-state index in [0.717, 1.165) is 11.1 Å². The Morgan fingerprint density at radius 3 is 2.52 bits per heavy atom. The van der Waals surface area contributed by atoms with Crippen molar-refractivity contribution < 1.29 is 27.5 Å². The summed E-state index contributed by atoms with van der Waals surface area (Å²) in [6, 6.07) is 4.81. The fourth-order valence-corrected chi connectivity index (χ4v) is 4.49. The number of ether oxygens (including phenoxy) is 1. The van der Waals surface area contributed by atoms with Crippen LogP contribution in [0.1, 0.15) is 27.9 Å². The summed E-state index contributed by atoms with van der Waals surface area (Å²) < 4.78 is 27.8. The molecule has 1 N–H and O–H groups in total. The third-order valence-electron chi connectivity index (χ3n) is 4.67. The van der Waals surface area contributed by atoms with E-state index in [4.69, 9.17) is 4.74 Å². The molecule has 1 atom stereocenters. The predicted molar refractivity (Wildman–Crippen MR) is 99.0 cm³/mol. The number of sulfone groups is 1. The Bertz CT molecular complexity index is 849. The molecule has 0 unspecified atom stereocenters. The maximum atomic E-state index is 12.0. The van der Waals surface area contributed by atoms with Crippen molar-refractivity contribution in [3.63, 3.8) is 0 Å². The smallest absolute Gasteiger partial charge is 0.325 e. The van der Waals surface area contributed by atoms with Crippen LogP contribution < -0.4 is 5.32 Å². The van der Waals surface area contributed by atoms with Crippen molar-refractivity contribution in [1.82, 2.24) is 10.2 Å². The van der Waals surface area contributed by atoms with Gasteiger partial charge in [0, 0.05) is 18.7 Å². The summed E-state index contributed by atoms with van der Waals surface area (Å²) in [4.78, 5) is 37.1. The maximum absolute atomic E-state index is 12.0. The quantitative estimate of drug-likeness (QED) is 0.689. The molecular weight excluding hydrogens is 372 g/mol. The number of esters is 1. The highest BCUT2D eigenvalue weighted by Crippen LogP contribution is 2.16. The van der Waals surface area contributed by atoms with Gasteiger partial charge in [-0.25, -0.2) is 8.42 Å². The first-order chi connectivity index (χ1) is 12.6. The van der Waals surface area contributed by atoms with E-state index in [-0.39, 0.29) is 18.1 Å². The van der Waals surface area contributed by atoms with E-state index >= 15 is 0 Å². The number of hydrogen-bond donors (Lipinski definition) is 1. The fourth-order valence-electron chi connectivity index (χ4n) is 2.72. The summed E-state index contributed by atoms with van der Waals surface area (Å²) in [6.07, 6.45) is 0.380. The summed E-state index contributed by atoms with van der Waals surface area (Å²) >= 11 is 0. The predicted octanol–water partition coefficient (Wildman–Crippen LogP) is 0.222. The normalized spacial score (nSPS) is 18.0. The van der Waals surface area contributed by atoms with Gasteiger partial charge in [-0.2, -0.15) is 0 Å². The monoisotopic (exact) mass is 396 g/mol. The zero-order valence-electron chi connectivity index (χ0n) is 15.6. The molecule has 148 valence electrons. The van der Waals surface area contributed by atoms with Gasteiger partial charge in [-0.15, -0.1) is 0 Å². The van der Waals surface area contributed by atoms with E-state index in [1.807, 2.05) is 19.9 Å². The summed E-state index contributed by atoms with van der Waals surface area (Å²) in [7, 11) is -1.62. The van der Waals surface area contributed by atoms with Crippen LogP contribution in [0, 0.1) is 13.8 Å². The van der Waals surface area contributed by atoms with Gasteiger partial charge in [0.2, 0.25) is 0 Å². The van der Waals surface area contributed by atoms with Crippen LogP contribution in [-0.4, -0.2) is 68.8 Å². The molecule has 1 aromatic rings. The lowest BCUT2D eigenvalue weighted by Gasteiger charge is -2.23. The Morgan fingerprint density at radius 2 is 1.93 bits per heavy atom. The van der Waals surface area contributed by atoms with Crippen LogP contribution in [-0.2, 0) is 24.2 Å². The number of likely N-dealkylation sites (N-methyl/N-ethyl adjacent to an activating group) is 1. The molecule has 1 aliphatic rings. The lowest BCUT2D eigenvalue weighted by atomic mass is 10.1. The van der Waals surface area contributed by atoms with Crippen molar-refractivity contribution in [1.29, 1.82) is 0 Å². The van der Waals surface area contributed by atoms with Gasteiger partial charge in [0.25, 0.3) is 11.8 Å². The van der Waals surface area contributed by atoms with Crippen LogP contribution in [0.5, 0.6) is 0 Å². The van der Waals surface area contributed by atoms with Crippen molar-refractivity contribution in [2.24, 2.45) is 0 Å². The highest BCUT2D eigenvalue weighted by Gasteiger charge is 2.32. The minimum absolute atomic E-state index is 0.0551. The molecule has 0 aliphatic carbocycles. The Morgan fingerprint density at radius 1 is 1.22 bits per heavy atom. The van der Waals surface area contributed by atoms with E-state index in [2.05, 4.69) is 5.32 Å². The highest BCUT2D eigenvalue weighted by molar-refractivity contribution is 7.91. The first-order valence-electron chi connectivity index (χ1n) is 8.56. The highest BCUT2D eigenvalue weighted by atomic mass is 32.2. The molecule has 1 saturated heterocycles. The Hall–Kier alpha value is -2.42. The summed E-state index contributed by atoms with van der Waals surface area (Å²) in [5.41, 5.74) is 2.46. The van der Waals surface area contributed by atoms with Gasteiger partial charge < -0.3 is 15.0 Å². The molecule has 8 nitrogen and oxygen atoms in total. The van der Waals surface area contributed by atoms with Crippen LogP contribution >= 0.6 is 0 Å². The van der Waals surface area contributed by atoms with Gasteiger partial charge in [-0.1, -0.05) is 6.07 Å². The van der Waals surface area contributed by atoms with Gasteiger partial charge in [0.15, 0.2) is 16.4 Å². The number of aryl methyl sites for hydroxylation is 2. The number of nitrogens with zero attached hydrogens (tertiary/aromatic N) is 1. The zero-order chi connectivity index (χ0) is 20.2. The number of benzene rings is 1. The molecule has 27 heavy (non-hydrogen) atoms. The molecule has 1 fully saturated rings. The number of carbonyl (C=O) groups is 3. The van der Waals surface area contributed by atoms with Crippen LogP contribution in [0.15, 0.2) is 18.2 Å². The van der Waals surface area contributed by atoms with Gasteiger partial charge in [0.05, 0.1) is 11.5 Å². The fraction of sp³-hybridized carbons (Fsp3) is 0.500. The molecule has 1 aliphatic heterocycles. The number of carbonyl (C=O) groups excluding carboxylic acids is 3. The lowest BCUT2D eigenvalue weighted by molar-refractivity contribution is -0.151. The van der Waals surface area contributed by atoms with E-state index in [1.165, 1.54) is 11.9 Å². The number of nitrogens with one attached hydrogen (secondary N) is 1. The second kappa shape index (κ2) is 8.51. The van der Waals surface area contributed by atoms with Crippen molar-refractivity contribution in [3.8, 4) is 0 Å². The molecule has 0 aromatic heterocycles. The van der Waals surface area contributed by atoms with Crippen molar-refractivity contribution in [2.75, 3.05) is 31.7 Å². The van der Waals surface area contributed by atoms with Gasteiger partial charge in [-0.3, -0.25) is 14.4 Å². The summed E-state index contributed by atoms with van der Waals surface area (Å²) in [5, 5.41) is 2.45. The Kier molecular flexibility index (Phi) is 6.59. The average Bonchev–Trinajstić information content (AvgIpc) is 2.99. The lowest BCUT2D eigenvalue weighted by Crippen LogP contribution is -2.41. The summed E-state index contributed by atoms with van der Waals surface area (Å²) in [6.45, 7) is 2.97. The largest absolute Gasteiger partial charge is 0.454 e. The molecule has 9 heteroatoms. The van der Waals surface area contributed by atoms with Crippen LogP contribution in [0.25, 0.3) is 0 Å². The van der Waals surface area contributed by atoms with E-state index in [0.29, 0.717) is 12.0 Å². The molecule has 2 amide bonds. The van der Waals surface area contributed by atoms with E-state index in [9.17, 15) is 22.8 Å². The topological polar surface area (TPSA) is 110 Å². The van der Waals surface area contributed by atoms with Crippen molar-refractivity contribution in [3.05, 3.63) is 34.9 Å². The number of hydrogen-bond acceptors (Lipinski definition) is 6. The Labute approximate surface area is 158 Å². The molecular formula is C18H24N2O6S. The van der Waals surface area contributed by atoms with Crippen LogP contribution in [0.3, 0.4) is 0 Å². The SMILES string of the molecule is Cc1ccc(C(=O)NCC(=O)OCC(=O)N(C)[C@@H]2CCS(=O)(=O)C2)cc1C. The molecule has 0 radical (unpaired) electrons. The molecule has 1 heterocycles. The first kappa shape index (κ1) is 20.9.